The normalized spacial score (nSPS) is 19.8. The fourth-order valence-corrected chi connectivity index (χ4v) is 3.79. The van der Waals surface area contributed by atoms with Crippen molar-refractivity contribution in [2.24, 2.45) is 5.92 Å². The summed E-state index contributed by atoms with van der Waals surface area (Å²) in [5, 5.41) is 10.2. The average Bonchev–Trinajstić information content (AvgIpc) is 3.55. The third-order valence-electron chi connectivity index (χ3n) is 5.67. The second-order valence-electron chi connectivity index (χ2n) is 7.80. The Hall–Kier alpha value is -1.86. The Labute approximate surface area is 168 Å². The van der Waals surface area contributed by atoms with E-state index >= 15 is 0 Å². The van der Waals surface area contributed by atoms with Gasteiger partial charge in [-0.1, -0.05) is 31.9 Å². The molecule has 7 heteroatoms. The molecule has 28 heavy (non-hydrogen) atoms. The number of likely N-dealkylation sites (N-methyl/N-ethyl adjacent to an activating group) is 1. The Morgan fingerprint density at radius 1 is 1.25 bits per heavy atom. The first kappa shape index (κ1) is 20.9. The quantitative estimate of drug-likeness (QED) is 0.656. The molecule has 1 saturated carbocycles. The molecule has 1 saturated heterocycles. The van der Waals surface area contributed by atoms with Gasteiger partial charge >= 0.3 is 7.12 Å². The number of hydrogen-bond acceptors (Lipinski definition) is 4. The van der Waals surface area contributed by atoms with E-state index in [1.54, 1.807) is 29.2 Å². The molecule has 2 fully saturated rings. The maximum Gasteiger partial charge on any atom is 0.491 e. The fraction of sp³-hybridized carbons (Fsp3) is 0.619. The maximum atomic E-state index is 13.2. The first-order chi connectivity index (χ1) is 13.5. The zero-order valence-electron chi connectivity index (χ0n) is 17.0. The molecule has 0 bridgehead atoms. The van der Waals surface area contributed by atoms with E-state index in [0.717, 1.165) is 25.2 Å². The van der Waals surface area contributed by atoms with E-state index in [2.05, 4.69) is 0 Å². The molecule has 152 valence electrons. The van der Waals surface area contributed by atoms with Crippen LogP contribution in [0.15, 0.2) is 24.3 Å². The van der Waals surface area contributed by atoms with Crippen LogP contribution >= 0.6 is 0 Å². The topological polar surface area (TPSA) is 70.1 Å². The van der Waals surface area contributed by atoms with Crippen molar-refractivity contribution in [1.29, 1.82) is 0 Å². The van der Waals surface area contributed by atoms with Gasteiger partial charge in [-0.3, -0.25) is 9.59 Å². The third-order valence-corrected chi connectivity index (χ3v) is 5.67. The molecule has 1 N–H and O–H groups in total. The van der Waals surface area contributed by atoms with Crippen molar-refractivity contribution in [2.75, 3.05) is 26.2 Å². The molecule has 6 nitrogen and oxygen atoms in total. The van der Waals surface area contributed by atoms with Crippen molar-refractivity contribution in [2.45, 2.75) is 52.0 Å². The minimum atomic E-state index is -1.04. The Morgan fingerprint density at radius 3 is 2.71 bits per heavy atom. The van der Waals surface area contributed by atoms with Crippen LogP contribution in [0.4, 0.5) is 0 Å². The van der Waals surface area contributed by atoms with Crippen LogP contribution in [0.1, 0.15) is 56.3 Å². The number of carbonyl (C=O) groups excluding carboxylic acids is 2. The second-order valence-corrected chi connectivity index (χ2v) is 7.80. The molecule has 1 atom stereocenters. The highest BCUT2D eigenvalue weighted by molar-refractivity contribution is 6.60. The Bertz CT molecular complexity index is 695. The van der Waals surface area contributed by atoms with Crippen molar-refractivity contribution in [3.05, 3.63) is 29.8 Å². The fourth-order valence-electron chi connectivity index (χ4n) is 3.79. The van der Waals surface area contributed by atoms with E-state index in [4.69, 9.17) is 4.65 Å². The molecule has 1 aliphatic heterocycles. The van der Waals surface area contributed by atoms with Gasteiger partial charge in [0.25, 0.3) is 5.91 Å². The van der Waals surface area contributed by atoms with E-state index in [1.807, 2.05) is 18.7 Å². The van der Waals surface area contributed by atoms with Crippen LogP contribution in [-0.4, -0.2) is 66.0 Å². The minimum absolute atomic E-state index is 0.0604. The summed E-state index contributed by atoms with van der Waals surface area (Å²) >= 11 is 0. The largest absolute Gasteiger partial charge is 0.491 e. The van der Waals surface area contributed by atoms with E-state index in [-0.39, 0.29) is 17.9 Å². The number of hydrogen-bond donors (Lipinski definition) is 1. The van der Waals surface area contributed by atoms with E-state index < -0.39 is 7.12 Å². The summed E-state index contributed by atoms with van der Waals surface area (Å²) in [6, 6.07) is 6.54. The molecule has 0 spiro atoms. The molecular weight excluding hydrogens is 355 g/mol. The van der Waals surface area contributed by atoms with Crippen molar-refractivity contribution in [3.63, 3.8) is 0 Å². The predicted octanol–water partition coefficient (Wildman–Crippen LogP) is 1.66. The van der Waals surface area contributed by atoms with Crippen LogP contribution in [0, 0.1) is 5.92 Å². The molecule has 0 radical (unpaired) electrons. The first-order valence-corrected chi connectivity index (χ1v) is 10.5. The van der Waals surface area contributed by atoms with Crippen LogP contribution in [0.5, 0.6) is 0 Å². The molecule has 3 rings (SSSR count). The van der Waals surface area contributed by atoms with Gasteiger partial charge in [0, 0.05) is 31.8 Å². The second kappa shape index (κ2) is 9.57. The number of amides is 2. The lowest BCUT2D eigenvalue weighted by atomic mass is 9.78. The average molecular weight is 386 g/mol. The van der Waals surface area contributed by atoms with Crippen molar-refractivity contribution in [3.8, 4) is 0 Å². The van der Waals surface area contributed by atoms with E-state index in [1.165, 1.54) is 12.8 Å². The smallest absolute Gasteiger partial charge is 0.423 e. The van der Waals surface area contributed by atoms with Crippen molar-refractivity contribution in [1.82, 2.24) is 9.80 Å². The van der Waals surface area contributed by atoms with E-state index in [0.29, 0.717) is 37.3 Å². The highest BCUT2D eigenvalue weighted by Gasteiger charge is 2.38. The van der Waals surface area contributed by atoms with Gasteiger partial charge in [0.2, 0.25) is 5.91 Å². The number of rotatable bonds is 9. The molecule has 1 aliphatic carbocycles. The summed E-state index contributed by atoms with van der Waals surface area (Å²) in [5.74, 6) is 0.635. The standard InChI is InChI=1S/C21H31BN2O4/c1-3-14-28-22(27)18-7-5-6-17(15-18)20(25)24-13-12-23(4-2)21(26)19(24)11-10-16-8-9-16/h5-7,15-16,19,27H,3-4,8-14H2,1-2H3. The number of piperazine rings is 1. The summed E-state index contributed by atoms with van der Waals surface area (Å²) < 4.78 is 5.37. The molecule has 1 aromatic carbocycles. The van der Waals surface area contributed by atoms with Crippen molar-refractivity contribution >= 4 is 24.4 Å². The molecule has 1 heterocycles. The minimum Gasteiger partial charge on any atom is -0.423 e. The van der Waals surface area contributed by atoms with Crippen LogP contribution in [0.2, 0.25) is 0 Å². The van der Waals surface area contributed by atoms with Gasteiger partial charge in [-0.2, -0.15) is 0 Å². The Morgan fingerprint density at radius 2 is 2.04 bits per heavy atom. The van der Waals surface area contributed by atoms with Crippen LogP contribution < -0.4 is 5.46 Å². The summed E-state index contributed by atoms with van der Waals surface area (Å²) in [6.45, 7) is 6.21. The zero-order chi connectivity index (χ0) is 20.1. The summed E-state index contributed by atoms with van der Waals surface area (Å²) in [4.78, 5) is 29.7. The molecule has 2 amide bonds. The number of nitrogens with zero attached hydrogens (tertiary/aromatic N) is 2. The third kappa shape index (κ3) is 4.94. The lowest BCUT2D eigenvalue weighted by Crippen LogP contribution is -2.58. The van der Waals surface area contributed by atoms with E-state index in [9.17, 15) is 14.6 Å². The summed E-state index contributed by atoms with van der Waals surface area (Å²) in [6.07, 6.45) is 5.02. The first-order valence-electron chi connectivity index (χ1n) is 10.5. The summed E-state index contributed by atoms with van der Waals surface area (Å²) in [5.41, 5.74) is 1.05. The van der Waals surface area contributed by atoms with Crippen molar-refractivity contribution < 1.29 is 19.3 Å². The lowest BCUT2D eigenvalue weighted by molar-refractivity contribution is -0.140. The number of benzene rings is 1. The van der Waals surface area contributed by atoms with Gasteiger partial charge in [0.1, 0.15) is 6.04 Å². The maximum absolute atomic E-state index is 13.2. The highest BCUT2D eigenvalue weighted by atomic mass is 16.5. The molecule has 2 aliphatic rings. The monoisotopic (exact) mass is 386 g/mol. The van der Waals surface area contributed by atoms with Gasteiger partial charge in [0.05, 0.1) is 0 Å². The molecule has 0 aromatic heterocycles. The number of carbonyl (C=O) groups is 2. The zero-order valence-corrected chi connectivity index (χ0v) is 17.0. The van der Waals surface area contributed by atoms with Gasteiger partial charge in [0.15, 0.2) is 0 Å². The van der Waals surface area contributed by atoms with Crippen LogP contribution in [0.25, 0.3) is 0 Å². The van der Waals surface area contributed by atoms with Crippen LogP contribution in [-0.2, 0) is 9.45 Å². The molecular formula is C21H31BN2O4. The van der Waals surface area contributed by atoms with Gasteiger partial charge in [-0.05, 0) is 49.7 Å². The Kier molecular flexibility index (Phi) is 7.13. The molecule has 1 unspecified atom stereocenters. The van der Waals surface area contributed by atoms with Gasteiger partial charge in [-0.15, -0.1) is 0 Å². The van der Waals surface area contributed by atoms with Gasteiger partial charge < -0.3 is 19.5 Å². The van der Waals surface area contributed by atoms with Crippen LogP contribution in [0.3, 0.4) is 0 Å². The highest BCUT2D eigenvalue weighted by Crippen LogP contribution is 2.35. The lowest BCUT2D eigenvalue weighted by Gasteiger charge is -2.40. The Balaban J connectivity index is 1.75. The van der Waals surface area contributed by atoms with Gasteiger partial charge in [-0.25, -0.2) is 0 Å². The summed E-state index contributed by atoms with van der Waals surface area (Å²) in [7, 11) is -1.04. The SMILES string of the molecule is CCCOB(O)c1cccc(C(=O)N2CCN(CC)C(=O)C2CCC2CC2)c1. The predicted molar refractivity (Wildman–Crippen MR) is 109 cm³/mol. The molecule has 1 aromatic rings.